The minimum absolute atomic E-state index is 0.359. The fourth-order valence-electron chi connectivity index (χ4n) is 2.99. The molecule has 0 amide bonds. The van der Waals surface area contributed by atoms with Gasteiger partial charge in [-0.25, -0.2) is 9.97 Å². The van der Waals surface area contributed by atoms with Gasteiger partial charge in [0, 0.05) is 16.7 Å². The van der Waals surface area contributed by atoms with Gasteiger partial charge in [0.2, 0.25) is 0 Å². The van der Waals surface area contributed by atoms with E-state index in [4.69, 9.17) is 10.7 Å². The Labute approximate surface area is 157 Å². The van der Waals surface area contributed by atoms with E-state index < -0.39 is 0 Å². The molecule has 4 rings (SSSR count). The Balaban J connectivity index is 1.98. The zero-order chi connectivity index (χ0) is 18.6. The highest BCUT2D eigenvalue weighted by Gasteiger charge is 2.16. The van der Waals surface area contributed by atoms with E-state index in [0.29, 0.717) is 22.8 Å². The summed E-state index contributed by atoms with van der Waals surface area (Å²) in [5.74, 6) is 0.359. The first-order valence-electron chi connectivity index (χ1n) is 8.55. The lowest BCUT2D eigenvalue weighted by Crippen LogP contribution is -2.03. The van der Waals surface area contributed by atoms with E-state index in [-0.39, 0.29) is 0 Å². The molecule has 0 spiro atoms. The second-order valence-electron chi connectivity index (χ2n) is 6.08. The molecule has 0 aliphatic carbocycles. The number of rotatable bonds is 3. The molecule has 3 aromatic carbocycles. The van der Waals surface area contributed by atoms with Gasteiger partial charge in [-0.15, -0.1) is 0 Å². The van der Waals surface area contributed by atoms with E-state index in [1.165, 1.54) is 0 Å². The first-order chi connectivity index (χ1) is 13.3. The minimum atomic E-state index is 0.359. The van der Waals surface area contributed by atoms with Crippen molar-refractivity contribution in [1.29, 1.82) is 5.26 Å². The van der Waals surface area contributed by atoms with Crippen LogP contribution in [0.2, 0.25) is 0 Å². The Morgan fingerprint density at radius 1 is 0.630 bits per heavy atom. The summed E-state index contributed by atoms with van der Waals surface area (Å²) in [7, 11) is 0. The van der Waals surface area contributed by atoms with Crippen molar-refractivity contribution in [3.8, 4) is 39.8 Å². The molecular formula is C23H16N4. The van der Waals surface area contributed by atoms with Crippen LogP contribution in [-0.4, -0.2) is 9.97 Å². The van der Waals surface area contributed by atoms with Gasteiger partial charge < -0.3 is 5.73 Å². The summed E-state index contributed by atoms with van der Waals surface area (Å²) < 4.78 is 0. The molecule has 0 fully saturated rings. The summed E-state index contributed by atoms with van der Waals surface area (Å²) in [6.45, 7) is 0. The lowest BCUT2D eigenvalue weighted by Gasteiger charge is -2.13. The van der Waals surface area contributed by atoms with Gasteiger partial charge in [0.15, 0.2) is 5.82 Å². The van der Waals surface area contributed by atoms with Crippen molar-refractivity contribution in [2.45, 2.75) is 0 Å². The lowest BCUT2D eigenvalue weighted by molar-refractivity contribution is 1.22. The van der Waals surface area contributed by atoms with Crippen molar-refractivity contribution in [2.75, 3.05) is 5.73 Å². The molecule has 1 heterocycles. The van der Waals surface area contributed by atoms with Gasteiger partial charge in [0.1, 0.15) is 5.69 Å². The van der Waals surface area contributed by atoms with Crippen LogP contribution in [0.3, 0.4) is 0 Å². The standard InChI is InChI=1S/C23H16N4/c24-15-16-8-7-13-19(14-16)21-20(17-9-3-1-4-10-17)26-22(23(25)27-21)18-11-5-2-6-12-18/h1-14H,(H2,25,27). The molecule has 128 valence electrons. The highest BCUT2D eigenvalue weighted by Crippen LogP contribution is 2.34. The van der Waals surface area contributed by atoms with E-state index in [9.17, 15) is 5.26 Å². The average Bonchev–Trinajstić information content (AvgIpc) is 2.75. The molecule has 0 saturated carbocycles. The highest BCUT2D eigenvalue weighted by atomic mass is 14.9. The zero-order valence-corrected chi connectivity index (χ0v) is 14.5. The summed E-state index contributed by atoms with van der Waals surface area (Å²) in [5.41, 5.74) is 11.6. The maximum atomic E-state index is 9.23. The number of hydrogen-bond acceptors (Lipinski definition) is 4. The van der Waals surface area contributed by atoms with E-state index in [2.05, 4.69) is 11.1 Å². The number of hydrogen-bond donors (Lipinski definition) is 1. The van der Waals surface area contributed by atoms with Gasteiger partial charge in [-0.2, -0.15) is 5.26 Å². The average molecular weight is 348 g/mol. The molecular weight excluding hydrogens is 332 g/mol. The second-order valence-corrected chi connectivity index (χ2v) is 6.08. The van der Waals surface area contributed by atoms with E-state index in [0.717, 1.165) is 22.4 Å². The Kier molecular flexibility index (Phi) is 4.34. The van der Waals surface area contributed by atoms with Crippen molar-refractivity contribution in [3.63, 3.8) is 0 Å². The zero-order valence-electron chi connectivity index (χ0n) is 14.5. The SMILES string of the molecule is N#Cc1cccc(-c2nc(N)c(-c3ccccc3)nc2-c2ccccc2)c1. The first kappa shape index (κ1) is 16.5. The van der Waals surface area contributed by atoms with E-state index >= 15 is 0 Å². The molecule has 27 heavy (non-hydrogen) atoms. The van der Waals surface area contributed by atoms with Crippen molar-refractivity contribution in [1.82, 2.24) is 9.97 Å². The molecule has 4 nitrogen and oxygen atoms in total. The van der Waals surface area contributed by atoms with Gasteiger partial charge in [0.25, 0.3) is 0 Å². The van der Waals surface area contributed by atoms with Crippen LogP contribution >= 0.6 is 0 Å². The largest absolute Gasteiger partial charge is 0.382 e. The molecule has 2 N–H and O–H groups in total. The summed E-state index contributed by atoms with van der Waals surface area (Å²) in [4.78, 5) is 9.55. The number of nitriles is 1. The van der Waals surface area contributed by atoms with Gasteiger partial charge in [-0.3, -0.25) is 0 Å². The fraction of sp³-hybridized carbons (Fsp3) is 0. The number of nitrogen functional groups attached to an aromatic ring is 1. The van der Waals surface area contributed by atoms with Gasteiger partial charge in [0.05, 0.1) is 23.0 Å². The maximum absolute atomic E-state index is 9.23. The van der Waals surface area contributed by atoms with Crippen LogP contribution in [-0.2, 0) is 0 Å². The number of nitrogens with zero attached hydrogens (tertiary/aromatic N) is 3. The van der Waals surface area contributed by atoms with E-state index in [1.807, 2.05) is 72.8 Å². The molecule has 0 atom stereocenters. The Morgan fingerprint density at radius 3 is 1.81 bits per heavy atom. The lowest BCUT2D eigenvalue weighted by atomic mass is 10.0. The maximum Gasteiger partial charge on any atom is 0.150 e. The van der Waals surface area contributed by atoms with Crippen LogP contribution in [0.5, 0.6) is 0 Å². The topological polar surface area (TPSA) is 75.6 Å². The Bertz CT molecular complexity index is 1130. The molecule has 0 aliphatic rings. The Morgan fingerprint density at radius 2 is 1.19 bits per heavy atom. The number of nitrogens with two attached hydrogens (primary N) is 1. The highest BCUT2D eigenvalue weighted by molar-refractivity contribution is 5.83. The first-order valence-corrected chi connectivity index (χ1v) is 8.55. The van der Waals surface area contributed by atoms with Crippen LogP contribution in [0, 0.1) is 11.3 Å². The molecule has 0 bridgehead atoms. The monoisotopic (exact) mass is 348 g/mol. The van der Waals surface area contributed by atoms with Crippen LogP contribution in [0.4, 0.5) is 5.82 Å². The third-order valence-corrected chi connectivity index (χ3v) is 4.28. The second kappa shape index (κ2) is 7.11. The van der Waals surface area contributed by atoms with Crippen LogP contribution in [0.1, 0.15) is 5.56 Å². The summed E-state index contributed by atoms with van der Waals surface area (Å²) in [6, 6.07) is 29.1. The number of aromatic nitrogens is 2. The number of anilines is 1. The summed E-state index contributed by atoms with van der Waals surface area (Å²) >= 11 is 0. The molecule has 0 saturated heterocycles. The molecule has 0 radical (unpaired) electrons. The molecule has 0 unspecified atom stereocenters. The molecule has 0 aliphatic heterocycles. The molecule has 4 aromatic rings. The fourth-order valence-corrected chi connectivity index (χ4v) is 2.99. The third-order valence-electron chi connectivity index (χ3n) is 4.28. The predicted octanol–water partition coefficient (Wildman–Crippen LogP) is 4.93. The van der Waals surface area contributed by atoms with Gasteiger partial charge >= 0.3 is 0 Å². The predicted molar refractivity (Wildman–Crippen MR) is 107 cm³/mol. The normalized spacial score (nSPS) is 10.3. The van der Waals surface area contributed by atoms with Gasteiger partial charge in [-0.1, -0.05) is 72.8 Å². The van der Waals surface area contributed by atoms with E-state index in [1.54, 1.807) is 12.1 Å². The smallest absolute Gasteiger partial charge is 0.150 e. The third kappa shape index (κ3) is 3.26. The quantitative estimate of drug-likeness (QED) is 0.569. The van der Waals surface area contributed by atoms with Crippen molar-refractivity contribution >= 4 is 5.82 Å². The number of benzene rings is 3. The Hall–Kier alpha value is -3.97. The van der Waals surface area contributed by atoms with Crippen LogP contribution < -0.4 is 5.73 Å². The minimum Gasteiger partial charge on any atom is -0.382 e. The molecule has 4 heteroatoms. The summed E-state index contributed by atoms with van der Waals surface area (Å²) in [5, 5.41) is 9.23. The summed E-state index contributed by atoms with van der Waals surface area (Å²) in [6.07, 6.45) is 0. The van der Waals surface area contributed by atoms with Crippen molar-refractivity contribution < 1.29 is 0 Å². The van der Waals surface area contributed by atoms with Gasteiger partial charge in [-0.05, 0) is 12.1 Å². The van der Waals surface area contributed by atoms with Crippen molar-refractivity contribution in [2.24, 2.45) is 0 Å². The van der Waals surface area contributed by atoms with Crippen LogP contribution in [0.15, 0.2) is 84.9 Å². The molecule has 1 aromatic heterocycles. The van der Waals surface area contributed by atoms with Crippen molar-refractivity contribution in [3.05, 3.63) is 90.5 Å². The van der Waals surface area contributed by atoms with Crippen LogP contribution in [0.25, 0.3) is 33.8 Å².